The summed E-state index contributed by atoms with van der Waals surface area (Å²) in [6.07, 6.45) is 2.32. The van der Waals surface area contributed by atoms with Crippen LogP contribution >= 0.6 is 23.4 Å². The normalized spacial score (nSPS) is 11.8. The van der Waals surface area contributed by atoms with Gasteiger partial charge in [0, 0.05) is 24.4 Å². The van der Waals surface area contributed by atoms with Gasteiger partial charge in [-0.2, -0.15) is 11.8 Å². The third-order valence-corrected chi connectivity index (χ3v) is 5.30. The van der Waals surface area contributed by atoms with Crippen molar-refractivity contribution in [2.45, 2.75) is 19.4 Å². The number of carbonyl (C=O) groups is 2. The van der Waals surface area contributed by atoms with Crippen LogP contribution in [0.3, 0.4) is 0 Å². The second-order valence-corrected chi connectivity index (χ2v) is 7.97. The molecule has 1 N–H and O–H groups in total. The lowest BCUT2D eigenvalue weighted by Gasteiger charge is -2.17. The van der Waals surface area contributed by atoms with E-state index in [0.29, 0.717) is 23.1 Å². The predicted octanol–water partition coefficient (Wildman–Crippen LogP) is 4.28. The van der Waals surface area contributed by atoms with Gasteiger partial charge in [-0.15, -0.1) is 0 Å². The van der Waals surface area contributed by atoms with E-state index in [9.17, 15) is 14.4 Å². The summed E-state index contributed by atoms with van der Waals surface area (Å²) in [4.78, 5) is 36.1. The zero-order chi connectivity index (χ0) is 21.7. The van der Waals surface area contributed by atoms with Crippen molar-refractivity contribution in [3.05, 3.63) is 64.0 Å². The SMILES string of the molecule is CSCC[C@H](NC(C)=O)C(=O)Oc1cc2oc(=O)cc(-c3ccccc3)c2cc1Cl. The van der Waals surface area contributed by atoms with Crippen LogP contribution in [0.15, 0.2) is 57.7 Å². The molecule has 3 rings (SSSR count). The van der Waals surface area contributed by atoms with Gasteiger partial charge in [0.25, 0.3) is 0 Å². The molecule has 0 spiro atoms. The van der Waals surface area contributed by atoms with E-state index in [1.165, 1.54) is 19.1 Å². The van der Waals surface area contributed by atoms with E-state index in [-0.39, 0.29) is 22.3 Å². The molecule has 1 heterocycles. The molecule has 1 amide bonds. The van der Waals surface area contributed by atoms with E-state index in [1.54, 1.807) is 17.8 Å². The number of thioether (sulfide) groups is 1. The monoisotopic (exact) mass is 445 g/mol. The third-order valence-electron chi connectivity index (χ3n) is 4.37. The van der Waals surface area contributed by atoms with Gasteiger partial charge in [0.05, 0.1) is 5.02 Å². The summed E-state index contributed by atoms with van der Waals surface area (Å²) in [5.74, 6) is -0.244. The molecule has 8 heteroatoms. The number of fused-ring (bicyclic) bond motifs is 1. The van der Waals surface area contributed by atoms with Crippen LogP contribution in [0.2, 0.25) is 5.02 Å². The van der Waals surface area contributed by atoms with Crippen molar-refractivity contribution >= 4 is 46.2 Å². The Morgan fingerprint density at radius 2 is 1.93 bits per heavy atom. The average Bonchev–Trinajstić information content (AvgIpc) is 2.71. The van der Waals surface area contributed by atoms with E-state index in [4.69, 9.17) is 20.8 Å². The Labute approximate surface area is 182 Å². The second kappa shape index (κ2) is 9.82. The Hall–Kier alpha value is -2.77. The molecule has 3 aromatic rings. The maximum atomic E-state index is 12.6. The summed E-state index contributed by atoms with van der Waals surface area (Å²) < 4.78 is 10.8. The zero-order valence-corrected chi connectivity index (χ0v) is 18.0. The summed E-state index contributed by atoms with van der Waals surface area (Å²) in [7, 11) is 0. The van der Waals surface area contributed by atoms with Crippen LogP contribution in [0, 0.1) is 0 Å². The lowest BCUT2D eigenvalue weighted by atomic mass is 10.0. The van der Waals surface area contributed by atoms with Crippen LogP contribution in [0.5, 0.6) is 5.75 Å². The van der Waals surface area contributed by atoms with Crippen molar-refractivity contribution in [2.75, 3.05) is 12.0 Å². The average molecular weight is 446 g/mol. The Kier molecular flexibility index (Phi) is 7.18. The van der Waals surface area contributed by atoms with Gasteiger partial charge in [-0.05, 0) is 35.6 Å². The van der Waals surface area contributed by atoms with Gasteiger partial charge in [0.15, 0.2) is 5.75 Å². The molecular weight excluding hydrogens is 426 g/mol. The first-order valence-corrected chi connectivity index (χ1v) is 11.0. The van der Waals surface area contributed by atoms with Crippen LogP contribution in [0.25, 0.3) is 22.1 Å². The maximum Gasteiger partial charge on any atom is 0.336 e. The van der Waals surface area contributed by atoms with Crippen molar-refractivity contribution in [1.29, 1.82) is 0 Å². The smallest absolute Gasteiger partial charge is 0.336 e. The third kappa shape index (κ3) is 5.23. The first-order chi connectivity index (χ1) is 14.4. The first-order valence-electron chi connectivity index (χ1n) is 9.19. The molecule has 30 heavy (non-hydrogen) atoms. The van der Waals surface area contributed by atoms with Crippen molar-refractivity contribution in [3.8, 4) is 16.9 Å². The molecule has 1 aromatic heterocycles. The van der Waals surface area contributed by atoms with E-state index in [2.05, 4.69) is 5.32 Å². The summed E-state index contributed by atoms with van der Waals surface area (Å²) in [5, 5.41) is 3.39. The minimum Gasteiger partial charge on any atom is -0.423 e. The van der Waals surface area contributed by atoms with Crippen LogP contribution in [-0.4, -0.2) is 29.9 Å². The quantitative estimate of drug-likeness (QED) is 0.332. The van der Waals surface area contributed by atoms with Crippen LogP contribution in [0.4, 0.5) is 0 Å². The number of amides is 1. The van der Waals surface area contributed by atoms with Gasteiger partial charge in [-0.25, -0.2) is 9.59 Å². The van der Waals surface area contributed by atoms with Crippen molar-refractivity contribution in [1.82, 2.24) is 5.32 Å². The molecule has 0 bridgehead atoms. The van der Waals surface area contributed by atoms with Gasteiger partial charge in [0.2, 0.25) is 5.91 Å². The van der Waals surface area contributed by atoms with Crippen LogP contribution in [0.1, 0.15) is 13.3 Å². The Bertz CT molecular complexity index is 1130. The minimum atomic E-state index is -0.802. The highest BCUT2D eigenvalue weighted by Gasteiger charge is 2.23. The lowest BCUT2D eigenvalue weighted by molar-refractivity contribution is -0.139. The van der Waals surface area contributed by atoms with Crippen molar-refractivity contribution in [3.63, 3.8) is 0 Å². The summed E-state index contributed by atoms with van der Waals surface area (Å²) in [6.45, 7) is 1.34. The maximum absolute atomic E-state index is 12.6. The number of hydrogen-bond donors (Lipinski definition) is 1. The molecule has 1 atom stereocenters. The van der Waals surface area contributed by atoms with Crippen molar-refractivity contribution in [2.24, 2.45) is 0 Å². The number of esters is 1. The fourth-order valence-corrected chi connectivity index (χ4v) is 3.68. The standard InChI is InChI=1S/C22H20ClNO5S/c1-13(25)24-18(8-9-30-2)22(27)29-20-12-19-16(10-17(20)23)15(11-21(26)28-19)14-6-4-3-5-7-14/h3-7,10-12,18H,8-9H2,1-2H3,(H,24,25)/t18-/m0/s1. The molecule has 6 nitrogen and oxygen atoms in total. The molecule has 0 radical (unpaired) electrons. The topological polar surface area (TPSA) is 85.6 Å². The highest BCUT2D eigenvalue weighted by atomic mass is 35.5. The minimum absolute atomic E-state index is 0.0574. The molecular formula is C22H20ClNO5S. The number of ether oxygens (including phenoxy) is 1. The molecule has 0 aliphatic carbocycles. The van der Waals surface area contributed by atoms with Gasteiger partial charge in [-0.1, -0.05) is 41.9 Å². The van der Waals surface area contributed by atoms with E-state index in [1.807, 2.05) is 36.6 Å². The highest BCUT2D eigenvalue weighted by Crippen LogP contribution is 2.35. The summed E-state index contributed by atoms with van der Waals surface area (Å²) in [6, 6.07) is 13.0. The van der Waals surface area contributed by atoms with E-state index < -0.39 is 17.6 Å². The molecule has 0 aliphatic heterocycles. The van der Waals surface area contributed by atoms with Gasteiger partial charge in [0.1, 0.15) is 11.6 Å². The highest BCUT2D eigenvalue weighted by molar-refractivity contribution is 7.98. The number of halogens is 1. The van der Waals surface area contributed by atoms with Gasteiger partial charge in [-0.3, -0.25) is 4.79 Å². The second-order valence-electron chi connectivity index (χ2n) is 6.58. The Balaban J connectivity index is 1.98. The summed E-state index contributed by atoms with van der Waals surface area (Å²) >= 11 is 7.92. The number of nitrogens with one attached hydrogen (secondary N) is 1. The zero-order valence-electron chi connectivity index (χ0n) is 16.4. The van der Waals surface area contributed by atoms with Crippen molar-refractivity contribution < 1.29 is 18.7 Å². The Morgan fingerprint density at radius 3 is 2.60 bits per heavy atom. The first kappa shape index (κ1) is 21.9. The molecule has 0 unspecified atom stereocenters. The van der Waals surface area contributed by atoms with Crippen LogP contribution in [-0.2, 0) is 9.59 Å². The van der Waals surface area contributed by atoms with E-state index >= 15 is 0 Å². The molecule has 2 aromatic carbocycles. The Morgan fingerprint density at radius 1 is 1.20 bits per heavy atom. The fraction of sp³-hybridized carbons (Fsp3) is 0.227. The van der Waals surface area contributed by atoms with Gasteiger partial charge >= 0.3 is 11.6 Å². The fourth-order valence-electron chi connectivity index (χ4n) is 3.01. The van der Waals surface area contributed by atoms with Gasteiger partial charge < -0.3 is 14.5 Å². The number of benzene rings is 2. The summed E-state index contributed by atoms with van der Waals surface area (Å²) in [5.41, 5.74) is 1.21. The van der Waals surface area contributed by atoms with Crippen LogP contribution < -0.4 is 15.7 Å². The molecule has 156 valence electrons. The number of hydrogen-bond acceptors (Lipinski definition) is 6. The molecule has 0 fully saturated rings. The molecule has 0 aliphatic rings. The number of carbonyl (C=O) groups excluding carboxylic acids is 2. The lowest BCUT2D eigenvalue weighted by Crippen LogP contribution is -2.42. The molecule has 0 saturated carbocycles. The van der Waals surface area contributed by atoms with E-state index in [0.717, 1.165) is 5.56 Å². The molecule has 0 saturated heterocycles. The largest absolute Gasteiger partial charge is 0.423 e. The predicted molar refractivity (Wildman–Crippen MR) is 119 cm³/mol. The number of rotatable bonds is 7.